The summed E-state index contributed by atoms with van der Waals surface area (Å²) in [4.78, 5) is 24.5. The van der Waals surface area contributed by atoms with Crippen LogP contribution in [0.3, 0.4) is 0 Å². The van der Waals surface area contributed by atoms with Gasteiger partial charge in [-0.05, 0) is 66.7 Å². The van der Waals surface area contributed by atoms with E-state index in [0.717, 1.165) is 0 Å². The quantitative estimate of drug-likeness (QED) is 0.508. The molecule has 0 heterocycles. The lowest BCUT2D eigenvalue weighted by Crippen LogP contribution is -2.12. The Kier molecular flexibility index (Phi) is 5.74. The molecule has 0 aliphatic carbocycles. The molecule has 0 aliphatic rings. The predicted octanol–water partition coefficient (Wildman–Crippen LogP) is 4.82. The standard InChI is InChI=1S/C21H16ClNO4/c1-26-19-4-2-3-15(13-19)21(25)27-18-11-5-14(6-12-18)20(24)23-17-9-7-16(22)8-10-17/h2-13H,1H3,(H,23,24). The highest BCUT2D eigenvalue weighted by Crippen LogP contribution is 2.19. The minimum absolute atomic E-state index is 0.275. The van der Waals surface area contributed by atoms with E-state index in [1.165, 1.54) is 7.11 Å². The number of anilines is 1. The topological polar surface area (TPSA) is 64.6 Å². The van der Waals surface area contributed by atoms with Crippen LogP contribution in [0.25, 0.3) is 0 Å². The first-order valence-electron chi connectivity index (χ1n) is 8.08. The Balaban J connectivity index is 1.64. The fourth-order valence-corrected chi connectivity index (χ4v) is 2.45. The number of amides is 1. The first-order valence-corrected chi connectivity index (χ1v) is 8.46. The number of methoxy groups -OCH3 is 1. The Bertz CT molecular complexity index is 953. The highest BCUT2D eigenvalue weighted by molar-refractivity contribution is 6.30. The molecule has 0 saturated heterocycles. The summed E-state index contributed by atoms with van der Waals surface area (Å²) in [5, 5.41) is 3.36. The molecule has 0 bridgehead atoms. The summed E-state index contributed by atoms with van der Waals surface area (Å²) in [6, 6.07) is 19.8. The number of nitrogens with one attached hydrogen (secondary N) is 1. The fraction of sp³-hybridized carbons (Fsp3) is 0.0476. The summed E-state index contributed by atoms with van der Waals surface area (Å²) in [7, 11) is 1.53. The van der Waals surface area contributed by atoms with Crippen LogP contribution in [0.4, 0.5) is 5.69 Å². The third kappa shape index (κ3) is 4.86. The molecule has 3 aromatic rings. The van der Waals surface area contributed by atoms with Crippen molar-refractivity contribution < 1.29 is 19.1 Å². The van der Waals surface area contributed by atoms with Crippen LogP contribution in [0.15, 0.2) is 72.8 Å². The number of ether oxygens (including phenoxy) is 2. The Labute approximate surface area is 161 Å². The van der Waals surface area contributed by atoms with Crippen LogP contribution in [0.5, 0.6) is 11.5 Å². The van der Waals surface area contributed by atoms with Gasteiger partial charge in [0.15, 0.2) is 0 Å². The molecule has 0 aromatic heterocycles. The van der Waals surface area contributed by atoms with E-state index in [0.29, 0.717) is 33.3 Å². The summed E-state index contributed by atoms with van der Waals surface area (Å²) in [6.45, 7) is 0. The molecule has 0 unspecified atom stereocenters. The van der Waals surface area contributed by atoms with Crippen molar-refractivity contribution in [1.29, 1.82) is 0 Å². The van der Waals surface area contributed by atoms with Crippen LogP contribution in [0, 0.1) is 0 Å². The van der Waals surface area contributed by atoms with Crippen LogP contribution in [-0.2, 0) is 0 Å². The van der Waals surface area contributed by atoms with Gasteiger partial charge in [-0.1, -0.05) is 17.7 Å². The van der Waals surface area contributed by atoms with Gasteiger partial charge in [0.1, 0.15) is 11.5 Å². The molecule has 27 heavy (non-hydrogen) atoms. The summed E-state index contributed by atoms with van der Waals surface area (Å²) in [5.41, 5.74) is 1.45. The van der Waals surface area contributed by atoms with E-state index in [4.69, 9.17) is 21.1 Å². The van der Waals surface area contributed by atoms with Crippen LogP contribution >= 0.6 is 11.6 Å². The van der Waals surface area contributed by atoms with Gasteiger partial charge in [-0.15, -0.1) is 0 Å². The van der Waals surface area contributed by atoms with E-state index < -0.39 is 5.97 Å². The zero-order valence-electron chi connectivity index (χ0n) is 14.4. The third-order valence-corrected chi connectivity index (χ3v) is 3.99. The molecule has 0 fully saturated rings. The maximum absolute atomic E-state index is 12.3. The van der Waals surface area contributed by atoms with Crippen molar-refractivity contribution in [1.82, 2.24) is 0 Å². The molecule has 1 amide bonds. The summed E-state index contributed by atoms with van der Waals surface area (Å²) in [6.07, 6.45) is 0. The molecule has 0 radical (unpaired) electrons. The highest BCUT2D eigenvalue weighted by Gasteiger charge is 2.11. The molecule has 1 N–H and O–H groups in total. The molecule has 6 heteroatoms. The van der Waals surface area contributed by atoms with E-state index in [1.807, 2.05) is 0 Å². The second kappa shape index (κ2) is 8.38. The van der Waals surface area contributed by atoms with Gasteiger partial charge in [0.25, 0.3) is 5.91 Å². The third-order valence-electron chi connectivity index (χ3n) is 3.73. The maximum atomic E-state index is 12.3. The fourth-order valence-electron chi connectivity index (χ4n) is 2.33. The number of hydrogen-bond acceptors (Lipinski definition) is 4. The van der Waals surface area contributed by atoms with Crippen molar-refractivity contribution >= 4 is 29.2 Å². The number of esters is 1. The summed E-state index contributed by atoms with van der Waals surface area (Å²) in [5.74, 6) is 0.125. The lowest BCUT2D eigenvalue weighted by Gasteiger charge is -2.08. The molecule has 0 atom stereocenters. The average Bonchev–Trinajstić information content (AvgIpc) is 2.70. The number of hydrogen-bond donors (Lipinski definition) is 1. The summed E-state index contributed by atoms with van der Waals surface area (Å²) < 4.78 is 10.4. The average molecular weight is 382 g/mol. The van der Waals surface area contributed by atoms with Crippen molar-refractivity contribution in [2.24, 2.45) is 0 Å². The van der Waals surface area contributed by atoms with E-state index in [-0.39, 0.29) is 5.91 Å². The van der Waals surface area contributed by atoms with E-state index in [9.17, 15) is 9.59 Å². The molecular weight excluding hydrogens is 366 g/mol. The summed E-state index contributed by atoms with van der Waals surface area (Å²) >= 11 is 5.82. The Hall–Kier alpha value is -3.31. The number of halogens is 1. The maximum Gasteiger partial charge on any atom is 0.343 e. The molecule has 3 aromatic carbocycles. The SMILES string of the molecule is COc1cccc(C(=O)Oc2ccc(C(=O)Nc3ccc(Cl)cc3)cc2)c1. The van der Waals surface area contributed by atoms with Crippen molar-refractivity contribution in [2.75, 3.05) is 12.4 Å². The molecule has 0 spiro atoms. The van der Waals surface area contributed by atoms with Crippen LogP contribution in [0.1, 0.15) is 20.7 Å². The van der Waals surface area contributed by atoms with Crippen LogP contribution in [-0.4, -0.2) is 19.0 Å². The second-order valence-corrected chi connectivity index (χ2v) is 6.04. The number of carbonyl (C=O) groups is 2. The van der Waals surface area contributed by atoms with Gasteiger partial charge in [-0.2, -0.15) is 0 Å². The normalized spacial score (nSPS) is 10.1. The van der Waals surface area contributed by atoms with Crippen molar-refractivity contribution in [3.05, 3.63) is 88.9 Å². The smallest absolute Gasteiger partial charge is 0.343 e. The minimum atomic E-state index is -0.507. The lowest BCUT2D eigenvalue weighted by atomic mass is 10.2. The Morgan fingerprint density at radius 1 is 0.852 bits per heavy atom. The largest absolute Gasteiger partial charge is 0.497 e. The minimum Gasteiger partial charge on any atom is -0.497 e. The second-order valence-electron chi connectivity index (χ2n) is 5.61. The van der Waals surface area contributed by atoms with Crippen molar-refractivity contribution in [3.8, 4) is 11.5 Å². The highest BCUT2D eigenvalue weighted by atomic mass is 35.5. The molecule has 5 nitrogen and oxygen atoms in total. The first kappa shape index (κ1) is 18.5. The van der Waals surface area contributed by atoms with Gasteiger partial charge in [0.05, 0.1) is 12.7 Å². The zero-order chi connectivity index (χ0) is 19.2. The van der Waals surface area contributed by atoms with Gasteiger partial charge >= 0.3 is 5.97 Å². The molecule has 0 saturated carbocycles. The predicted molar refractivity (Wildman–Crippen MR) is 104 cm³/mol. The molecule has 3 rings (SSSR count). The van der Waals surface area contributed by atoms with Gasteiger partial charge < -0.3 is 14.8 Å². The van der Waals surface area contributed by atoms with E-state index >= 15 is 0 Å². The zero-order valence-corrected chi connectivity index (χ0v) is 15.2. The Morgan fingerprint density at radius 2 is 1.56 bits per heavy atom. The first-order chi connectivity index (χ1) is 13.0. The lowest BCUT2D eigenvalue weighted by molar-refractivity contribution is 0.0734. The molecular formula is C21H16ClNO4. The van der Waals surface area contributed by atoms with Gasteiger partial charge in [-0.3, -0.25) is 4.79 Å². The van der Waals surface area contributed by atoms with Crippen LogP contribution < -0.4 is 14.8 Å². The van der Waals surface area contributed by atoms with Gasteiger partial charge in [0, 0.05) is 16.3 Å². The molecule has 0 aliphatic heterocycles. The van der Waals surface area contributed by atoms with Crippen molar-refractivity contribution in [2.45, 2.75) is 0 Å². The number of rotatable bonds is 5. The molecule has 136 valence electrons. The number of carbonyl (C=O) groups excluding carboxylic acids is 2. The Morgan fingerprint density at radius 3 is 2.22 bits per heavy atom. The van der Waals surface area contributed by atoms with Crippen molar-refractivity contribution in [3.63, 3.8) is 0 Å². The van der Waals surface area contributed by atoms with Gasteiger partial charge in [0.2, 0.25) is 0 Å². The van der Waals surface area contributed by atoms with Gasteiger partial charge in [-0.25, -0.2) is 4.79 Å². The van der Waals surface area contributed by atoms with E-state index in [1.54, 1.807) is 72.8 Å². The van der Waals surface area contributed by atoms with E-state index in [2.05, 4.69) is 5.32 Å². The van der Waals surface area contributed by atoms with Crippen LogP contribution in [0.2, 0.25) is 5.02 Å². The monoisotopic (exact) mass is 381 g/mol. The number of benzene rings is 3.